The van der Waals surface area contributed by atoms with Crippen molar-refractivity contribution >= 4 is 11.9 Å². The van der Waals surface area contributed by atoms with Gasteiger partial charge in [-0.2, -0.15) is 5.10 Å². The number of esters is 1. The predicted octanol–water partition coefficient (Wildman–Crippen LogP) is 3.04. The molecule has 2 aromatic heterocycles. The molecule has 0 aliphatic rings. The van der Waals surface area contributed by atoms with Crippen LogP contribution in [-0.4, -0.2) is 44.8 Å². The summed E-state index contributed by atoms with van der Waals surface area (Å²) in [6.07, 6.45) is 1.18. The zero-order valence-electron chi connectivity index (χ0n) is 19.9. The van der Waals surface area contributed by atoms with E-state index in [1.165, 1.54) is 5.56 Å². The number of benzene rings is 1. The molecule has 0 fully saturated rings. The van der Waals surface area contributed by atoms with E-state index in [0.717, 1.165) is 33.9 Å². The summed E-state index contributed by atoms with van der Waals surface area (Å²) in [4.78, 5) is 33.3. The van der Waals surface area contributed by atoms with Crippen LogP contribution in [0.25, 0.3) is 5.95 Å². The number of rotatable bonds is 9. The Balaban J connectivity index is 1.45. The number of aromatic nitrogens is 4. The monoisotopic (exact) mass is 449 g/mol. The standard InChI is InChI=1S/C25H31N5O3/c1-16-6-8-21(9-7-16)10-11-23(31)26-12-13-33-24(32)15-22-19(4)29-30(20(22)5)25-27-17(2)14-18(3)28-25/h6-9,14H,10-13,15H2,1-5H3,(H,26,31). The lowest BCUT2D eigenvalue weighted by molar-refractivity contribution is -0.143. The molecular weight excluding hydrogens is 418 g/mol. The van der Waals surface area contributed by atoms with Gasteiger partial charge in [-0.15, -0.1) is 0 Å². The molecule has 3 rings (SSSR count). The summed E-state index contributed by atoms with van der Waals surface area (Å²) in [6, 6.07) is 10.0. The van der Waals surface area contributed by atoms with Gasteiger partial charge in [0, 0.05) is 29.1 Å². The maximum Gasteiger partial charge on any atom is 0.310 e. The van der Waals surface area contributed by atoms with Crippen molar-refractivity contribution < 1.29 is 14.3 Å². The van der Waals surface area contributed by atoms with Crippen LogP contribution in [0.2, 0.25) is 0 Å². The number of carbonyl (C=O) groups excluding carboxylic acids is 2. The van der Waals surface area contributed by atoms with Crippen LogP contribution in [0.3, 0.4) is 0 Å². The average Bonchev–Trinajstić information content (AvgIpc) is 3.04. The number of carbonyl (C=O) groups is 2. The van der Waals surface area contributed by atoms with Gasteiger partial charge in [-0.3, -0.25) is 9.59 Å². The van der Waals surface area contributed by atoms with Crippen LogP contribution in [0.5, 0.6) is 0 Å². The van der Waals surface area contributed by atoms with Crippen molar-refractivity contribution in [2.75, 3.05) is 13.2 Å². The van der Waals surface area contributed by atoms with Gasteiger partial charge >= 0.3 is 5.97 Å². The number of hydrogen-bond donors (Lipinski definition) is 1. The minimum atomic E-state index is -0.365. The quantitative estimate of drug-likeness (QED) is 0.398. The van der Waals surface area contributed by atoms with Crippen molar-refractivity contribution in [2.45, 2.75) is 53.9 Å². The van der Waals surface area contributed by atoms with E-state index in [9.17, 15) is 9.59 Å². The van der Waals surface area contributed by atoms with E-state index in [0.29, 0.717) is 18.8 Å². The van der Waals surface area contributed by atoms with Crippen molar-refractivity contribution in [3.05, 3.63) is 69.8 Å². The molecule has 0 radical (unpaired) electrons. The molecule has 3 aromatic rings. The van der Waals surface area contributed by atoms with Gasteiger partial charge < -0.3 is 10.1 Å². The Morgan fingerprint density at radius 3 is 2.33 bits per heavy atom. The molecule has 174 valence electrons. The number of nitrogens with zero attached hydrogens (tertiary/aromatic N) is 4. The Hall–Kier alpha value is -3.55. The first-order valence-electron chi connectivity index (χ1n) is 11.1. The van der Waals surface area contributed by atoms with Crippen LogP contribution in [0, 0.1) is 34.6 Å². The zero-order valence-corrected chi connectivity index (χ0v) is 19.9. The van der Waals surface area contributed by atoms with Crippen LogP contribution in [-0.2, 0) is 27.2 Å². The molecule has 0 bridgehead atoms. The van der Waals surface area contributed by atoms with Crippen molar-refractivity contribution in [1.82, 2.24) is 25.1 Å². The van der Waals surface area contributed by atoms with Gasteiger partial charge in [0.25, 0.3) is 5.95 Å². The van der Waals surface area contributed by atoms with Gasteiger partial charge in [0.05, 0.1) is 18.7 Å². The molecule has 0 unspecified atom stereocenters. The second-order valence-corrected chi connectivity index (χ2v) is 8.24. The molecule has 0 aliphatic heterocycles. The van der Waals surface area contributed by atoms with E-state index in [-0.39, 0.29) is 31.4 Å². The van der Waals surface area contributed by atoms with E-state index >= 15 is 0 Å². The summed E-state index contributed by atoms with van der Waals surface area (Å²) >= 11 is 0. The molecule has 0 atom stereocenters. The van der Waals surface area contributed by atoms with Gasteiger partial charge in [0.1, 0.15) is 6.61 Å². The molecule has 8 nitrogen and oxygen atoms in total. The van der Waals surface area contributed by atoms with E-state index < -0.39 is 0 Å². The minimum absolute atomic E-state index is 0.0620. The molecule has 0 saturated carbocycles. The smallest absolute Gasteiger partial charge is 0.310 e. The largest absolute Gasteiger partial charge is 0.464 e. The van der Waals surface area contributed by atoms with Crippen LogP contribution in [0.4, 0.5) is 0 Å². The van der Waals surface area contributed by atoms with Gasteiger partial charge in [0.15, 0.2) is 0 Å². The fourth-order valence-electron chi connectivity index (χ4n) is 3.58. The highest BCUT2D eigenvalue weighted by molar-refractivity contribution is 5.76. The van der Waals surface area contributed by atoms with E-state index in [2.05, 4.69) is 20.4 Å². The van der Waals surface area contributed by atoms with Crippen LogP contribution >= 0.6 is 0 Å². The number of ether oxygens (including phenoxy) is 1. The summed E-state index contributed by atoms with van der Waals surface area (Å²) in [5.74, 6) is 0.0603. The Morgan fingerprint density at radius 1 is 1.00 bits per heavy atom. The molecule has 0 aliphatic carbocycles. The fraction of sp³-hybridized carbons (Fsp3) is 0.400. The van der Waals surface area contributed by atoms with Crippen molar-refractivity contribution in [1.29, 1.82) is 0 Å². The molecule has 1 aromatic carbocycles. The second kappa shape index (κ2) is 10.8. The first kappa shape index (κ1) is 24.1. The van der Waals surface area contributed by atoms with Crippen molar-refractivity contribution in [2.24, 2.45) is 0 Å². The van der Waals surface area contributed by atoms with Crippen LogP contribution in [0.1, 0.15) is 45.9 Å². The van der Waals surface area contributed by atoms with E-state index in [4.69, 9.17) is 4.74 Å². The van der Waals surface area contributed by atoms with Gasteiger partial charge in [0.2, 0.25) is 5.91 Å². The molecule has 0 spiro atoms. The first-order chi connectivity index (χ1) is 15.7. The Morgan fingerprint density at radius 2 is 1.67 bits per heavy atom. The average molecular weight is 450 g/mol. The third kappa shape index (κ3) is 6.71. The predicted molar refractivity (Wildman–Crippen MR) is 125 cm³/mol. The Labute approximate surface area is 194 Å². The molecular formula is C25H31N5O3. The second-order valence-electron chi connectivity index (χ2n) is 8.24. The van der Waals surface area contributed by atoms with Gasteiger partial charge in [-0.25, -0.2) is 14.6 Å². The molecule has 0 saturated heterocycles. The normalized spacial score (nSPS) is 10.8. The van der Waals surface area contributed by atoms with Gasteiger partial charge in [-0.05, 0) is 52.7 Å². The van der Waals surface area contributed by atoms with Crippen LogP contribution in [0.15, 0.2) is 30.3 Å². The molecule has 33 heavy (non-hydrogen) atoms. The Bertz CT molecular complexity index is 1120. The number of hydrogen-bond acceptors (Lipinski definition) is 6. The topological polar surface area (TPSA) is 99.0 Å². The third-order valence-electron chi connectivity index (χ3n) is 5.37. The number of nitrogens with one attached hydrogen (secondary N) is 1. The number of amides is 1. The lowest BCUT2D eigenvalue weighted by Crippen LogP contribution is -2.28. The van der Waals surface area contributed by atoms with Crippen molar-refractivity contribution in [3.8, 4) is 5.95 Å². The maximum absolute atomic E-state index is 12.4. The summed E-state index contributed by atoms with van der Waals surface area (Å²) in [5.41, 5.74) is 6.36. The summed E-state index contributed by atoms with van der Waals surface area (Å²) in [6.45, 7) is 9.99. The minimum Gasteiger partial charge on any atom is -0.464 e. The number of aryl methyl sites for hydroxylation is 5. The highest BCUT2D eigenvalue weighted by Gasteiger charge is 2.18. The first-order valence-corrected chi connectivity index (χ1v) is 11.1. The highest BCUT2D eigenvalue weighted by atomic mass is 16.5. The maximum atomic E-state index is 12.4. The third-order valence-corrected chi connectivity index (χ3v) is 5.37. The SMILES string of the molecule is Cc1ccc(CCC(=O)NCCOC(=O)Cc2c(C)nn(-c3nc(C)cc(C)n3)c2C)cc1. The molecule has 8 heteroatoms. The molecule has 2 heterocycles. The fourth-order valence-corrected chi connectivity index (χ4v) is 3.58. The summed E-state index contributed by atoms with van der Waals surface area (Å²) in [5, 5.41) is 7.31. The van der Waals surface area contributed by atoms with E-state index in [1.807, 2.05) is 65.0 Å². The van der Waals surface area contributed by atoms with Crippen molar-refractivity contribution in [3.63, 3.8) is 0 Å². The zero-order chi connectivity index (χ0) is 24.0. The molecule has 1 amide bonds. The highest BCUT2D eigenvalue weighted by Crippen LogP contribution is 2.17. The lowest BCUT2D eigenvalue weighted by atomic mass is 10.1. The van der Waals surface area contributed by atoms with Crippen LogP contribution < -0.4 is 5.32 Å². The Kier molecular flexibility index (Phi) is 7.92. The summed E-state index contributed by atoms with van der Waals surface area (Å²) < 4.78 is 6.97. The lowest BCUT2D eigenvalue weighted by Gasteiger charge is -2.08. The van der Waals surface area contributed by atoms with Gasteiger partial charge in [-0.1, -0.05) is 29.8 Å². The molecule has 1 N–H and O–H groups in total. The summed E-state index contributed by atoms with van der Waals surface area (Å²) in [7, 11) is 0. The van der Waals surface area contributed by atoms with E-state index in [1.54, 1.807) is 4.68 Å².